The molecule has 0 fully saturated rings. The van der Waals surface area contributed by atoms with E-state index in [1.54, 1.807) is 0 Å². The molecule has 0 N–H and O–H groups in total. The van der Waals surface area contributed by atoms with Gasteiger partial charge in [-0.2, -0.15) is 12.1 Å². The molecule has 62 heavy (non-hydrogen) atoms. The van der Waals surface area contributed by atoms with Crippen molar-refractivity contribution in [3.63, 3.8) is 0 Å². The van der Waals surface area contributed by atoms with Crippen molar-refractivity contribution in [1.29, 1.82) is 0 Å². The molecule has 8 rings (SSSR count). The second-order valence-corrected chi connectivity index (χ2v) is 21.7. The van der Waals surface area contributed by atoms with Crippen molar-refractivity contribution in [3.05, 3.63) is 180 Å². The summed E-state index contributed by atoms with van der Waals surface area (Å²) in [5.41, 5.74) is 16.4. The zero-order valence-electron chi connectivity index (χ0n) is 38.5. The molecular formula is C58H64Cl2SiZr. The molecule has 0 bridgehead atoms. The molecule has 0 amide bonds. The van der Waals surface area contributed by atoms with Crippen molar-refractivity contribution >= 4 is 48.1 Å². The molecule has 2 radical (unpaired) electrons. The third-order valence-electron chi connectivity index (χ3n) is 12.1. The third-order valence-corrected chi connectivity index (χ3v) is 12.1. The van der Waals surface area contributed by atoms with E-state index in [2.05, 4.69) is 226 Å². The summed E-state index contributed by atoms with van der Waals surface area (Å²) in [6.07, 6.45) is 2.34. The number of halogens is 2. The van der Waals surface area contributed by atoms with E-state index in [1.165, 1.54) is 101 Å². The van der Waals surface area contributed by atoms with Crippen molar-refractivity contribution in [2.75, 3.05) is 0 Å². The van der Waals surface area contributed by atoms with Crippen molar-refractivity contribution < 1.29 is 20.8 Å². The van der Waals surface area contributed by atoms with E-state index in [4.69, 9.17) is 17.0 Å². The molecule has 8 aromatic rings. The van der Waals surface area contributed by atoms with Crippen LogP contribution in [-0.4, -0.2) is 9.52 Å². The van der Waals surface area contributed by atoms with E-state index in [0.717, 1.165) is 9.52 Å². The average Bonchev–Trinajstić information content (AvgIpc) is 3.95. The first-order chi connectivity index (χ1) is 30.0. The first-order valence-corrected chi connectivity index (χ1v) is 30.7. The van der Waals surface area contributed by atoms with E-state index in [0.29, 0.717) is 23.7 Å². The fourth-order valence-corrected chi connectivity index (χ4v) is 8.39. The van der Waals surface area contributed by atoms with Crippen LogP contribution in [0.25, 0.3) is 66.1 Å². The first kappa shape index (κ1) is 49.2. The summed E-state index contributed by atoms with van der Waals surface area (Å²) < 4.78 is 0. The van der Waals surface area contributed by atoms with Crippen molar-refractivity contribution in [2.24, 2.45) is 0 Å². The SMILES string of the molecule is CCC(C)c1cc2c(-c3ccccc3-c3ccccc3)c(C(C)C)ccc2[cH-]1.CCC(C)c1cc2c(-c3ccccc3-c3ccccc3)c(C(C)C)ccc2[cH-]1.C[Si]C.[Cl][Zr+2][Cl]. The maximum atomic E-state index is 4.93. The predicted molar refractivity (Wildman–Crippen MR) is 276 cm³/mol. The van der Waals surface area contributed by atoms with E-state index >= 15 is 0 Å². The molecule has 0 aliphatic heterocycles. The van der Waals surface area contributed by atoms with Gasteiger partial charge in [-0.15, -0.1) is 69.1 Å². The van der Waals surface area contributed by atoms with Crippen LogP contribution in [-0.2, 0) is 20.8 Å². The minimum absolute atomic E-state index is 0.477. The van der Waals surface area contributed by atoms with Crippen LogP contribution < -0.4 is 0 Å². The molecule has 0 spiro atoms. The average molecular weight is 951 g/mol. The summed E-state index contributed by atoms with van der Waals surface area (Å²) in [6, 6.07) is 58.2. The van der Waals surface area contributed by atoms with E-state index in [-0.39, 0.29) is 0 Å². The molecule has 0 aliphatic carbocycles. The van der Waals surface area contributed by atoms with Gasteiger partial charge < -0.3 is 0 Å². The Hall–Kier alpha value is -3.78. The fourth-order valence-electron chi connectivity index (χ4n) is 8.39. The van der Waals surface area contributed by atoms with Gasteiger partial charge in [0.25, 0.3) is 0 Å². The van der Waals surface area contributed by atoms with Crippen LogP contribution in [0, 0.1) is 0 Å². The van der Waals surface area contributed by atoms with Gasteiger partial charge in [-0.3, -0.25) is 0 Å². The summed E-state index contributed by atoms with van der Waals surface area (Å²) in [6.45, 7) is 22.7. The normalized spacial score (nSPS) is 11.8. The van der Waals surface area contributed by atoms with Crippen LogP contribution in [0.1, 0.15) is 114 Å². The van der Waals surface area contributed by atoms with Gasteiger partial charge in [0, 0.05) is 9.52 Å². The number of hydrogen-bond acceptors (Lipinski definition) is 0. The number of hydrogen-bond donors (Lipinski definition) is 0. The van der Waals surface area contributed by atoms with Crippen LogP contribution >= 0.6 is 17.0 Å². The molecule has 8 aromatic carbocycles. The van der Waals surface area contributed by atoms with Crippen molar-refractivity contribution in [3.8, 4) is 44.5 Å². The van der Waals surface area contributed by atoms with Crippen molar-refractivity contribution in [1.82, 2.24) is 0 Å². The predicted octanol–water partition coefficient (Wildman–Crippen LogP) is 19.2. The summed E-state index contributed by atoms with van der Waals surface area (Å²) in [5.74, 6) is 2.13. The summed E-state index contributed by atoms with van der Waals surface area (Å²) in [7, 11) is 11.0. The molecule has 0 saturated carbocycles. The molecule has 0 heterocycles. The topological polar surface area (TPSA) is 0 Å². The van der Waals surface area contributed by atoms with Gasteiger partial charge in [-0.1, -0.05) is 213 Å². The Bertz CT molecular complexity index is 2400. The first-order valence-electron chi connectivity index (χ1n) is 22.3. The van der Waals surface area contributed by atoms with Crippen LogP contribution in [0.15, 0.2) is 158 Å². The zero-order valence-corrected chi connectivity index (χ0v) is 43.5. The Kier molecular flexibility index (Phi) is 19.3. The number of benzene rings is 6. The van der Waals surface area contributed by atoms with E-state index < -0.39 is 20.8 Å². The summed E-state index contributed by atoms with van der Waals surface area (Å²) >= 11 is -0.826. The second kappa shape index (κ2) is 24.3. The summed E-state index contributed by atoms with van der Waals surface area (Å²) in [4.78, 5) is 0. The monoisotopic (exact) mass is 948 g/mol. The van der Waals surface area contributed by atoms with E-state index in [9.17, 15) is 0 Å². The van der Waals surface area contributed by atoms with Gasteiger partial charge in [0.1, 0.15) is 0 Å². The third kappa shape index (κ3) is 11.9. The fraction of sp³-hybridized carbons (Fsp3) is 0.276. The molecule has 4 heteroatoms. The van der Waals surface area contributed by atoms with Gasteiger partial charge in [-0.05, 0) is 57.1 Å². The Morgan fingerprint density at radius 2 is 0.774 bits per heavy atom. The molecular weight excluding hydrogens is 887 g/mol. The van der Waals surface area contributed by atoms with Gasteiger partial charge in [-0.25, -0.2) is 0 Å². The molecule has 0 aliphatic rings. The molecule has 0 saturated heterocycles. The number of rotatable bonds is 10. The van der Waals surface area contributed by atoms with Crippen molar-refractivity contribution in [2.45, 2.75) is 105 Å². The molecule has 318 valence electrons. The standard InChI is InChI=1S/2C28H29.C2H6Si.2ClH.Zr/c2*1-5-20(4)23-17-22-15-16-24(19(2)3)28(27(22)18-23)26-14-10-9-13-25(26)21-11-7-6-8-12-21;1-3-2;;;/h2*6-20H,5H2,1-4H3;1-2H3;2*1H;/q2*-1;;;;+4/p-2. The van der Waals surface area contributed by atoms with Gasteiger partial charge >= 0.3 is 37.9 Å². The quantitative estimate of drug-likeness (QED) is 0.0947. The Morgan fingerprint density at radius 3 is 1.08 bits per heavy atom. The molecule has 0 nitrogen and oxygen atoms in total. The van der Waals surface area contributed by atoms with Crippen LogP contribution in [0.4, 0.5) is 0 Å². The second-order valence-electron chi connectivity index (χ2n) is 17.0. The van der Waals surface area contributed by atoms with Crippen LogP contribution in [0.3, 0.4) is 0 Å². The zero-order chi connectivity index (χ0) is 44.8. The maximum absolute atomic E-state index is 4.93. The summed E-state index contributed by atoms with van der Waals surface area (Å²) in [5, 5.41) is 5.50. The van der Waals surface area contributed by atoms with Gasteiger partial charge in [0.05, 0.1) is 0 Å². The Morgan fingerprint density at radius 1 is 0.468 bits per heavy atom. The minimum atomic E-state index is -0.826. The Labute approximate surface area is 395 Å². The van der Waals surface area contributed by atoms with Crippen LogP contribution in [0.2, 0.25) is 13.1 Å². The Balaban J connectivity index is 0.000000208. The van der Waals surface area contributed by atoms with Gasteiger partial charge in [0.15, 0.2) is 0 Å². The molecule has 2 unspecified atom stereocenters. The van der Waals surface area contributed by atoms with Crippen LogP contribution in [0.5, 0.6) is 0 Å². The van der Waals surface area contributed by atoms with E-state index in [1.807, 2.05) is 0 Å². The molecule has 2 atom stereocenters. The van der Waals surface area contributed by atoms with Gasteiger partial charge in [0.2, 0.25) is 0 Å². The molecule has 0 aromatic heterocycles. The number of fused-ring (bicyclic) bond motifs is 2.